The van der Waals surface area contributed by atoms with Crippen LogP contribution in [0.5, 0.6) is 0 Å². The lowest BCUT2D eigenvalue weighted by Gasteiger charge is -2.14. The third-order valence-corrected chi connectivity index (χ3v) is 5.30. The molecule has 1 fully saturated rings. The normalized spacial score (nSPS) is 19.3. The summed E-state index contributed by atoms with van der Waals surface area (Å²) in [6.07, 6.45) is 6.34. The van der Waals surface area contributed by atoms with Gasteiger partial charge in [0.15, 0.2) is 0 Å². The highest BCUT2D eigenvalue weighted by Crippen LogP contribution is 2.31. The second kappa shape index (κ2) is 8.88. The van der Waals surface area contributed by atoms with E-state index in [0.29, 0.717) is 17.2 Å². The SMILES string of the molecule is CCC1=CS/C(=C(\C#N)c2ccnc(NCCCN3CCCC3)n2)N1. The Labute approximate surface area is 153 Å². The molecule has 0 bridgehead atoms. The molecular weight excluding hydrogens is 332 g/mol. The van der Waals surface area contributed by atoms with E-state index in [9.17, 15) is 5.26 Å². The average Bonchev–Trinajstić information content (AvgIpc) is 3.32. The van der Waals surface area contributed by atoms with Crippen molar-refractivity contribution in [1.29, 1.82) is 5.26 Å². The van der Waals surface area contributed by atoms with Crippen molar-refractivity contribution < 1.29 is 0 Å². The Bertz CT molecular complexity index is 700. The summed E-state index contributed by atoms with van der Waals surface area (Å²) in [7, 11) is 0. The molecule has 2 N–H and O–H groups in total. The summed E-state index contributed by atoms with van der Waals surface area (Å²) in [6.45, 7) is 6.50. The molecule has 2 aliphatic rings. The molecule has 1 aromatic heterocycles. The van der Waals surface area contributed by atoms with Crippen LogP contribution in [0.3, 0.4) is 0 Å². The fourth-order valence-electron chi connectivity index (χ4n) is 2.94. The molecule has 1 aromatic rings. The van der Waals surface area contributed by atoms with Crippen LogP contribution in [-0.2, 0) is 0 Å². The molecule has 0 amide bonds. The van der Waals surface area contributed by atoms with Gasteiger partial charge in [-0.25, -0.2) is 9.97 Å². The van der Waals surface area contributed by atoms with Crippen LogP contribution in [0.25, 0.3) is 5.57 Å². The van der Waals surface area contributed by atoms with Crippen LogP contribution in [0.15, 0.2) is 28.4 Å². The third kappa shape index (κ3) is 4.74. The van der Waals surface area contributed by atoms with Gasteiger partial charge in [0.05, 0.1) is 10.7 Å². The number of hydrogen-bond acceptors (Lipinski definition) is 7. The molecule has 3 heterocycles. The highest BCUT2D eigenvalue weighted by Gasteiger charge is 2.17. The lowest BCUT2D eigenvalue weighted by Crippen LogP contribution is -2.22. The zero-order chi connectivity index (χ0) is 17.5. The molecule has 0 radical (unpaired) electrons. The van der Waals surface area contributed by atoms with Crippen LogP contribution in [0, 0.1) is 11.3 Å². The molecule has 0 spiro atoms. The van der Waals surface area contributed by atoms with Crippen molar-refractivity contribution in [3.63, 3.8) is 0 Å². The van der Waals surface area contributed by atoms with Crippen molar-refractivity contribution in [2.75, 3.05) is 31.5 Å². The first-order valence-corrected chi connectivity index (χ1v) is 9.75. The Morgan fingerprint density at radius 3 is 3.00 bits per heavy atom. The minimum atomic E-state index is 0.562. The van der Waals surface area contributed by atoms with Gasteiger partial charge < -0.3 is 15.5 Å². The Morgan fingerprint density at radius 2 is 2.28 bits per heavy atom. The summed E-state index contributed by atoms with van der Waals surface area (Å²) in [6, 6.07) is 4.06. The Hall–Kier alpha value is -2.04. The Balaban J connectivity index is 1.59. The van der Waals surface area contributed by atoms with Gasteiger partial charge in [-0.3, -0.25) is 0 Å². The number of allylic oxidation sites excluding steroid dienone is 2. The molecule has 0 unspecified atom stereocenters. The number of nitrogens with one attached hydrogen (secondary N) is 2. The van der Waals surface area contributed by atoms with E-state index in [1.165, 1.54) is 25.9 Å². The summed E-state index contributed by atoms with van der Waals surface area (Å²) in [5, 5.41) is 19.0. The fourth-order valence-corrected chi connectivity index (χ4v) is 3.89. The number of nitriles is 1. The van der Waals surface area contributed by atoms with Crippen molar-refractivity contribution in [2.24, 2.45) is 0 Å². The van der Waals surface area contributed by atoms with E-state index in [1.807, 2.05) is 5.41 Å². The van der Waals surface area contributed by atoms with Crippen molar-refractivity contribution in [3.05, 3.63) is 34.1 Å². The van der Waals surface area contributed by atoms with E-state index in [1.54, 1.807) is 24.0 Å². The highest BCUT2D eigenvalue weighted by molar-refractivity contribution is 8.06. The minimum Gasteiger partial charge on any atom is -0.354 e. The quantitative estimate of drug-likeness (QED) is 0.574. The van der Waals surface area contributed by atoms with Gasteiger partial charge in [-0.05, 0) is 56.8 Å². The summed E-state index contributed by atoms with van der Waals surface area (Å²) >= 11 is 1.54. The smallest absolute Gasteiger partial charge is 0.223 e. The van der Waals surface area contributed by atoms with Crippen LogP contribution in [0.4, 0.5) is 5.95 Å². The van der Waals surface area contributed by atoms with Crippen LogP contribution in [0.2, 0.25) is 0 Å². The summed E-state index contributed by atoms with van der Waals surface area (Å²) in [5.41, 5.74) is 2.34. The van der Waals surface area contributed by atoms with E-state index >= 15 is 0 Å². The molecule has 0 aromatic carbocycles. The first-order valence-electron chi connectivity index (χ1n) is 8.87. The number of likely N-dealkylation sites (tertiary alicyclic amines) is 1. The second-order valence-corrected chi connectivity index (χ2v) is 7.03. The van der Waals surface area contributed by atoms with Crippen molar-refractivity contribution in [2.45, 2.75) is 32.6 Å². The molecule has 25 heavy (non-hydrogen) atoms. The molecule has 0 atom stereocenters. The number of aromatic nitrogens is 2. The number of anilines is 1. The Morgan fingerprint density at radius 1 is 1.44 bits per heavy atom. The van der Waals surface area contributed by atoms with Gasteiger partial charge in [-0.1, -0.05) is 18.7 Å². The number of hydrogen-bond donors (Lipinski definition) is 2. The van der Waals surface area contributed by atoms with Crippen LogP contribution >= 0.6 is 11.8 Å². The van der Waals surface area contributed by atoms with Gasteiger partial charge >= 0.3 is 0 Å². The largest absolute Gasteiger partial charge is 0.354 e. The number of nitrogens with zero attached hydrogens (tertiary/aromatic N) is 4. The van der Waals surface area contributed by atoms with Crippen molar-refractivity contribution in [3.8, 4) is 6.07 Å². The zero-order valence-corrected chi connectivity index (χ0v) is 15.4. The standard InChI is InChI=1S/C18H24N6S/c1-2-14-13-25-17(22-14)15(12-19)16-6-8-21-18(23-16)20-7-5-11-24-9-3-4-10-24/h6,8,13,22H,2-5,7,9-11H2,1H3,(H,20,21,23)/b17-15+. The molecule has 7 heteroatoms. The molecular formula is C18H24N6S. The van der Waals surface area contributed by atoms with Crippen LogP contribution in [0.1, 0.15) is 38.3 Å². The maximum Gasteiger partial charge on any atom is 0.223 e. The van der Waals surface area contributed by atoms with E-state index in [0.717, 1.165) is 36.7 Å². The average molecular weight is 356 g/mol. The predicted octanol–water partition coefficient (Wildman–Crippen LogP) is 3.15. The van der Waals surface area contributed by atoms with Crippen molar-refractivity contribution in [1.82, 2.24) is 20.2 Å². The number of rotatable bonds is 7. The lowest BCUT2D eigenvalue weighted by atomic mass is 10.2. The molecule has 6 nitrogen and oxygen atoms in total. The maximum atomic E-state index is 9.55. The highest BCUT2D eigenvalue weighted by atomic mass is 32.2. The molecule has 132 valence electrons. The van der Waals surface area contributed by atoms with Crippen molar-refractivity contribution >= 4 is 23.3 Å². The van der Waals surface area contributed by atoms with Gasteiger partial charge in [0.2, 0.25) is 5.95 Å². The third-order valence-electron chi connectivity index (χ3n) is 4.36. The van der Waals surface area contributed by atoms with E-state index in [2.05, 4.69) is 38.5 Å². The van der Waals surface area contributed by atoms with E-state index < -0.39 is 0 Å². The molecule has 2 aliphatic heterocycles. The van der Waals surface area contributed by atoms with E-state index in [-0.39, 0.29) is 0 Å². The van der Waals surface area contributed by atoms with Gasteiger partial charge in [-0.2, -0.15) is 5.26 Å². The first kappa shape index (κ1) is 17.8. The Kier molecular flexibility index (Phi) is 6.31. The van der Waals surface area contributed by atoms with Gasteiger partial charge in [0, 0.05) is 18.4 Å². The first-order chi connectivity index (χ1) is 12.3. The lowest BCUT2D eigenvalue weighted by molar-refractivity contribution is 0.337. The summed E-state index contributed by atoms with van der Waals surface area (Å²) in [5.74, 6) is 0.582. The molecule has 1 saturated heterocycles. The van der Waals surface area contributed by atoms with Gasteiger partial charge in [0.25, 0.3) is 0 Å². The monoisotopic (exact) mass is 356 g/mol. The van der Waals surface area contributed by atoms with Crippen LogP contribution < -0.4 is 10.6 Å². The minimum absolute atomic E-state index is 0.562. The summed E-state index contributed by atoms with van der Waals surface area (Å²) < 4.78 is 0. The fraction of sp³-hybridized carbons (Fsp3) is 0.500. The molecule has 3 rings (SSSR count). The van der Waals surface area contributed by atoms with Crippen LogP contribution in [-0.4, -0.2) is 41.0 Å². The topological polar surface area (TPSA) is 76.9 Å². The molecule has 0 saturated carbocycles. The predicted molar refractivity (Wildman–Crippen MR) is 102 cm³/mol. The van der Waals surface area contributed by atoms with Gasteiger partial charge in [0.1, 0.15) is 11.6 Å². The molecule has 0 aliphatic carbocycles. The second-order valence-electron chi connectivity index (χ2n) is 6.15. The number of thioether (sulfide) groups is 1. The van der Waals surface area contributed by atoms with Gasteiger partial charge in [-0.15, -0.1) is 0 Å². The zero-order valence-electron chi connectivity index (χ0n) is 14.6. The maximum absolute atomic E-state index is 9.55. The summed E-state index contributed by atoms with van der Waals surface area (Å²) in [4.78, 5) is 11.3. The van der Waals surface area contributed by atoms with E-state index in [4.69, 9.17) is 0 Å².